The van der Waals surface area contributed by atoms with Crippen molar-refractivity contribution < 1.29 is 13.2 Å². The van der Waals surface area contributed by atoms with Crippen molar-refractivity contribution in [1.29, 1.82) is 0 Å². The van der Waals surface area contributed by atoms with Gasteiger partial charge in [-0.15, -0.1) is 0 Å². The van der Waals surface area contributed by atoms with E-state index in [1.807, 2.05) is 0 Å². The lowest BCUT2D eigenvalue weighted by Gasteiger charge is -2.10. The van der Waals surface area contributed by atoms with E-state index >= 15 is 0 Å². The maximum absolute atomic E-state index is 10.9. The Balaban J connectivity index is 2.89. The Morgan fingerprint density at radius 2 is 1.86 bits per heavy atom. The maximum atomic E-state index is 10.9. The second kappa shape index (κ2) is 4.34. The minimum atomic E-state index is -3.36. The highest BCUT2D eigenvalue weighted by molar-refractivity contribution is 7.88. The van der Waals surface area contributed by atoms with Gasteiger partial charge in [0.05, 0.1) is 6.26 Å². The molecule has 1 atom stereocenters. The third kappa shape index (κ3) is 3.27. The van der Waals surface area contributed by atoms with Gasteiger partial charge in [-0.2, -0.15) is 0 Å². The second-order valence-electron chi connectivity index (χ2n) is 2.91. The predicted molar refractivity (Wildman–Crippen MR) is 53.2 cm³/mol. The van der Waals surface area contributed by atoms with Gasteiger partial charge in [0.25, 0.3) is 0 Å². The molecule has 0 fully saturated rings. The Labute approximate surface area is 83.0 Å². The second-order valence-corrected chi connectivity index (χ2v) is 4.69. The van der Waals surface area contributed by atoms with Crippen molar-refractivity contribution in [1.82, 2.24) is 4.72 Å². The lowest BCUT2D eigenvalue weighted by Crippen LogP contribution is -2.28. The third-order valence-corrected chi connectivity index (χ3v) is 2.32. The van der Waals surface area contributed by atoms with Gasteiger partial charge in [0, 0.05) is 0 Å². The smallest absolute Gasteiger partial charge is 0.209 e. The van der Waals surface area contributed by atoms with E-state index in [1.165, 1.54) is 0 Å². The van der Waals surface area contributed by atoms with Crippen LogP contribution in [-0.2, 0) is 14.8 Å². The molecular weight excluding hydrogens is 202 g/mol. The van der Waals surface area contributed by atoms with Crippen LogP contribution in [0.2, 0.25) is 0 Å². The fourth-order valence-corrected chi connectivity index (χ4v) is 1.72. The van der Waals surface area contributed by atoms with E-state index in [2.05, 4.69) is 4.72 Å². The quantitative estimate of drug-likeness (QED) is 0.740. The number of carbonyl (C=O) groups excluding carboxylic acids is 1. The third-order valence-electron chi connectivity index (χ3n) is 1.64. The van der Waals surface area contributed by atoms with Crippen LogP contribution in [0.4, 0.5) is 0 Å². The van der Waals surface area contributed by atoms with E-state index in [0.717, 1.165) is 6.26 Å². The minimum absolute atomic E-state index is 0.566. The number of benzene rings is 1. The van der Waals surface area contributed by atoms with Crippen LogP contribution in [-0.4, -0.2) is 21.0 Å². The number of carbonyl (C=O) groups is 1. The molecule has 1 aromatic carbocycles. The topological polar surface area (TPSA) is 63.2 Å². The lowest BCUT2D eigenvalue weighted by molar-refractivity contribution is -0.109. The molecule has 4 nitrogen and oxygen atoms in total. The van der Waals surface area contributed by atoms with E-state index in [1.54, 1.807) is 30.3 Å². The molecule has 0 saturated heterocycles. The predicted octanol–water partition coefficient (Wildman–Crippen LogP) is 0.476. The zero-order valence-corrected chi connectivity index (χ0v) is 8.49. The van der Waals surface area contributed by atoms with Crippen LogP contribution in [0.5, 0.6) is 0 Å². The maximum Gasteiger partial charge on any atom is 0.209 e. The average Bonchev–Trinajstić information content (AvgIpc) is 2.14. The summed E-state index contributed by atoms with van der Waals surface area (Å²) in [5, 5.41) is 0. The van der Waals surface area contributed by atoms with E-state index in [4.69, 9.17) is 0 Å². The van der Waals surface area contributed by atoms with E-state index in [-0.39, 0.29) is 0 Å². The summed E-state index contributed by atoms with van der Waals surface area (Å²) in [5.74, 6) is 0. The van der Waals surface area contributed by atoms with Crippen molar-refractivity contribution in [3.05, 3.63) is 35.9 Å². The van der Waals surface area contributed by atoms with Crippen LogP contribution in [0.3, 0.4) is 0 Å². The number of aldehydes is 1. The molecule has 0 aliphatic carbocycles. The summed E-state index contributed by atoms with van der Waals surface area (Å²) in [6.45, 7) is 0. The largest absolute Gasteiger partial charge is 0.301 e. The molecule has 0 amide bonds. The van der Waals surface area contributed by atoms with Crippen molar-refractivity contribution in [2.24, 2.45) is 0 Å². The number of sulfonamides is 1. The summed E-state index contributed by atoms with van der Waals surface area (Å²) >= 11 is 0. The van der Waals surface area contributed by atoms with Crippen LogP contribution >= 0.6 is 0 Å². The van der Waals surface area contributed by atoms with Crippen LogP contribution < -0.4 is 4.72 Å². The van der Waals surface area contributed by atoms with Crippen LogP contribution in [0, 0.1) is 0 Å². The summed E-state index contributed by atoms with van der Waals surface area (Å²) in [5.41, 5.74) is 0.632. The number of nitrogens with one attached hydrogen (secondary N) is 1. The van der Waals surface area contributed by atoms with Gasteiger partial charge >= 0.3 is 0 Å². The van der Waals surface area contributed by atoms with Gasteiger partial charge < -0.3 is 4.79 Å². The molecule has 0 unspecified atom stereocenters. The Morgan fingerprint density at radius 1 is 1.29 bits per heavy atom. The molecule has 1 rings (SSSR count). The first kappa shape index (κ1) is 10.9. The molecule has 14 heavy (non-hydrogen) atoms. The summed E-state index contributed by atoms with van der Waals surface area (Å²) in [4.78, 5) is 10.7. The Hall–Kier alpha value is -1.20. The molecule has 76 valence electrons. The van der Waals surface area contributed by atoms with Gasteiger partial charge in [0.15, 0.2) is 0 Å². The molecule has 0 radical (unpaired) electrons. The fraction of sp³-hybridized carbons (Fsp3) is 0.222. The van der Waals surface area contributed by atoms with Crippen molar-refractivity contribution in [3.8, 4) is 0 Å². The van der Waals surface area contributed by atoms with Crippen molar-refractivity contribution in [2.75, 3.05) is 6.26 Å². The Morgan fingerprint density at radius 3 is 2.29 bits per heavy atom. The number of rotatable bonds is 4. The molecule has 5 heteroatoms. The van der Waals surface area contributed by atoms with E-state index < -0.39 is 16.1 Å². The Kier molecular flexibility index (Phi) is 3.38. The molecule has 0 aliphatic rings. The van der Waals surface area contributed by atoms with Gasteiger partial charge in [0.2, 0.25) is 10.0 Å². The zero-order chi connectivity index (χ0) is 10.6. The molecule has 0 saturated carbocycles. The first-order valence-corrected chi connectivity index (χ1v) is 5.89. The lowest BCUT2D eigenvalue weighted by atomic mass is 10.1. The van der Waals surface area contributed by atoms with Gasteiger partial charge in [0.1, 0.15) is 12.3 Å². The van der Waals surface area contributed by atoms with Crippen LogP contribution in [0.15, 0.2) is 30.3 Å². The fourth-order valence-electron chi connectivity index (χ4n) is 1.07. The summed E-state index contributed by atoms with van der Waals surface area (Å²) < 4.78 is 24.0. The first-order chi connectivity index (χ1) is 6.53. The Bertz CT molecular complexity index is 399. The summed E-state index contributed by atoms with van der Waals surface area (Å²) in [6, 6.07) is 7.87. The standard InChI is InChI=1S/C9H11NO3S/c1-14(12,13)10-9(7-11)8-5-3-2-4-6-8/h2-7,9-10H,1H3/t9-/m0/s1. The number of hydrogen-bond acceptors (Lipinski definition) is 3. The van der Waals surface area contributed by atoms with E-state index in [0.29, 0.717) is 11.8 Å². The van der Waals surface area contributed by atoms with Gasteiger partial charge in [-0.05, 0) is 5.56 Å². The van der Waals surface area contributed by atoms with Crippen LogP contribution in [0.25, 0.3) is 0 Å². The normalized spacial score (nSPS) is 13.5. The molecule has 1 aromatic rings. The average molecular weight is 213 g/mol. The van der Waals surface area contributed by atoms with Gasteiger partial charge in [-0.25, -0.2) is 13.1 Å². The zero-order valence-electron chi connectivity index (χ0n) is 7.67. The van der Waals surface area contributed by atoms with Gasteiger partial charge in [-0.1, -0.05) is 30.3 Å². The van der Waals surface area contributed by atoms with Crippen molar-refractivity contribution in [3.63, 3.8) is 0 Å². The molecule has 0 aromatic heterocycles. The number of hydrogen-bond donors (Lipinski definition) is 1. The van der Waals surface area contributed by atoms with Crippen LogP contribution in [0.1, 0.15) is 11.6 Å². The SMILES string of the molecule is CS(=O)(=O)N[C@@H](C=O)c1ccccc1. The molecule has 0 spiro atoms. The van der Waals surface area contributed by atoms with Crippen molar-refractivity contribution >= 4 is 16.3 Å². The van der Waals surface area contributed by atoms with Crippen molar-refractivity contribution in [2.45, 2.75) is 6.04 Å². The van der Waals surface area contributed by atoms with E-state index in [9.17, 15) is 13.2 Å². The monoisotopic (exact) mass is 213 g/mol. The molecule has 0 bridgehead atoms. The highest BCUT2D eigenvalue weighted by Gasteiger charge is 2.13. The molecule has 1 N–H and O–H groups in total. The summed E-state index contributed by atoms with van der Waals surface area (Å²) in [6.07, 6.45) is 1.59. The highest BCUT2D eigenvalue weighted by atomic mass is 32.2. The molecule has 0 aliphatic heterocycles. The highest BCUT2D eigenvalue weighted by Crippen LogP contribution is 2.10. The van der Waals surface area contributed by atoms with Gasteiger partial charge in [-0.3, -0.25) is 0 Å². The molecule has 0 heterocycles. The summed E-state index contributed by atoms with van der Waals surface area (Å²) in [7, 11) is -3.36. The molecular formula is C9H11NO3S. The first-order valence-electron chi connectivity index (χ1n) is 4.00. The minimum Gasteiger partial charge on any atom is -0.301 e.